The fourth-order valence-corrected chi connectivity index (χ4v) is 11.4. The molecule has 0 bridgehead atoms. The highest BCUT2D eigenvalue weighted by molar-refractivity contribution is 5.84. The molecular weight excluding hydrogens is 901 g/mol. The van der Waals surface area contributed by atoms with Gasteiger partial charge in [0.2, 0.25) is 0 Å². The molecule has 11 aromatic rings. The van der Waals surface area contributed by atoms with Gasteiger partial charge < -0.3 is 5.11 Å². The number of carboxylic acid groups (broad SMARTS) is 1. The molecule has 0 saturated heterocycles. The maximum Gasteiger partial charge on any atom is 0.420 e. The Morgan fingerprint density at radius 3 is 0.838 bits per heavy atom. The van der Waals surface area contributed by atoms with Gasteiger partial charge in [0.25, 0.3) is 0 Å². The Bertz CT molecular complexity index is 3040. The first-order valence-electron chi connectivity index (χ1n) is 25.5. The molecule has 4 heteroatoms. The third-order valence-electron chi connectivity index (χ3n) is 14.4. The van der Waals surface area contributed by atoms with Gasteiger partial charge in [-0.1, -0.05) is 278 Å². The molecule has 0 unspecified atom stereocenters. The Morgan fingerprint density at radius 1 is 0.365 bits per heavy atom. The zero-order valence-corrected chi connectivity index (χ0v) is 41.6. The van der Waals surface area contributed by atoms with Crippen molar-refractivity contribution in [3.8, 4) is 11.4 Å². The van der Waals surface area contributed by atoms with Crippen molar-refractivity contribution in [2.45, 2.75) is 37.5 Å². The zero-order chi connectivity index (χ0) is 50.4. The van der Waals surface area contributed by atoms with Crippen molar-refractivity contribution in [3.63, 3.8) is 0 Å². The van der Waals surface area contributed by atoms with Gasteiger partial charge in [-0.2, -0.15) is 9.13 Å². The lowest BCUT2D eigenvalue weighted by atomic mass is 9.78. The molecule has 0 saturated carbocycles. The molecule has 0 fully saturated rings. The van der Waals surface area contributed by atoms with Crippen LogP contribution in [-0.2, 0) is 0 Å². The monoisotopic (exact) mass is 957 g/mol. The molecule has 0 radical (unpaired) electrons. The summed E-state index contributed by atoms with van der Waals surface area (Å²) in [6, 6.07) is 94.1. The van der Waals surface area contributed by atoms with Crippen LogP contribution in [0.25, 0.3) is 11.4 Å². The summed E-state index contributed by atoms with van der Waals surface area (Å²) in [4.78, 5) is 15.0. The first-order chi connectivity index (χ1) is 36.4. The van der Waals surface area contributed by atoms with Gasteiger partial charge in [0.05, 0.1) is 0 Å². The number of aryl methyl sites for hydroxylation is 2. The van der Waals surface area contributed by atoms with E-state index in [0.717, 1.165) is 89.3 Å². The van der Waals surface area contributed by atoms with E-state index in [4.69, 9.17) is 0 Å². The number of benzene rings is 10. The molecule has 1 heterocycles. The topological polar surface area (TPSA) is 46.1 Å². The van der Waals surface area contributed by atoms with Crippen LogP contribution in [0.3, 0.4) is 0 Å². The Labute approximate surface area is 434 Å². The van der Waals surface area contributed by atoms with Gasteiger partial charge in [-0.05, 0) is 58.4 Å². The molecule has 0 spiro atoms. The summed E-state index contributed by atoms with van der Waals surface area (Å²) in [5, 5.41) is 12.3. The lowest BCUT2D eigenvalue weighted by Crippen LogP contribution is -2.40. The number of hydrogen-bond donors (Lipinski definition) is 1. The van der Waals surface area contributed by atoms with E-state index in [1.165, 1.54) is 0 Å². The maximum atomic E-state index is 15.0. The fraction of sp³-hybridized carbons (Fsp3) is 0.0857. The van der Waals surface area contributed by atoms with Crippen molar-refractivity contribution in [2.24, 2.45) is 0 Å². The van der Waals surface area contributed by atoms with Gasteiger partial charge in [-0.25, -0.2) is 4.79 Å². The average Bonchev–Trinajstić information content (AvgIpc) is 3.88. The fourth-order valence-electron chi connectivity index (χ4n) is 11.4. The largest absolute Gasteiger partial charge is 0.472 e. The summed E-state index contributed by atoms with van der Waals surface area (Å²) < 4.78 is 3.97. The summed E-state index contributed by atoms with van der Waals surface area (Å²) >= 11 is 0. The highest BCUT2D eigenvalue weighted by Gasteiger charge is 2.39. The number of nitrogens with zero attached hydrogens (tertiary/aromatic N) is 2. The van der Waals surface area contributed by atoms with Crippen LogP contribution in [-0.4, -0.2) is 15.6 Å². The van der Waals surface area contributed by atoms with E-state index in [1.54, 1.807) is 0 Å². The molecule has 4 nitrogen and oxygen atoms in total. The van der Waals surface area contributed by atoms with Crippen molar-refractivity contribution >= 4 is 5.97 Å². The lowest BCUT2D eigenvalue weighted by molar-refractivity contribution is -0.599. The molecule has 0 aliphatic rings. The standard InChI is InChI=1S/C70H56N2O2/c1-49-45-59(63(51-27-11-3-12-28-51)52-29-13-4-14-30-52)67(60(46-49)64(53-31-15-5-16-32-53)54-33-17-6-18-34-54)71-43-44-72(69(71)70(73)74)68-61(65(55-35-19-7-20-36-55)56-37-21-8-22-38-56)47-50(2)48-62(68)66(57-39-23-9-24-40-57)58-41-25-10-26-42-58/h3-48,63-66H,1-2H3/p+1. The first-order valence-corrected chi connectivity index (χ1v) is 25.5. The van der Waals surface area contributed by atoms with Gasteiger partial charge >= 0.3 is 11.8 Å². The van der Waals surface area contributed by atoms with Crippen LogP contribution in [0.2, 0.25) is 0 Å². The van der Waals surface area contributed by atoms with Crippen molar-refractivity contribution in [1.82, 2.24) is 4.57 Å². The molecule has 74 heavy (non-hydrogen) atoms. The van der Waals surface area contributed by atoms with Crippen LogP contribution in [0.15, 0.2) is 279 Å². The van der Waals surface area contributed by atoms with Crippen LogP contribution < -0.4 is 4.57 Å². The predicted molar refractivity (Wildman–Crippen MR) is 299 cm³/mol. The Hall–Kier alpha value is -9.12. The molecule has 1 aromatic heterocycles. The number of carboxylic acids is 1. The second-order valence-corrected chi connectivity index (χ2v) is 19.3. The van der Waals surface area contributed by atoms with Crippen LogP contribution in [0.5, 0.6) is 0 Å². The van der Waals surface area contributed by atoms with Gasteiger partial charge in [-0.15, -0.1) is 0 Å². The number of imidazole rings is 1. The SMILES string of the molecule is Cc1cc(C(c2ccccc2)c2ccccc2)c(-n2cc[n+](-c3c(C(c4ccccc4)c4ccccc4)cc(C)cc3C(c3ccccc3)c3ccccc3)c2C(=O)O)c(C(c2ccccc2)c2ccccc2)c1. The Morgan fingerprint density at radius 2 is 0.595 bits per heavy atom. The molecule has 0 aliphatic carbocycles. The van der Waals surface area contributed by atoms with Crippen LogP contribution >= 0.6 is 0 Å². The molecule has 1 N–H and O–H groups in total. The minimum Gasteiger partial charge on any atom is -0.472 e. The lowest BCUT2D eigenvalue weighted by Gasteiger charge is -2.28. The zero-order valence-electron chi connectivity index (χ0n) is 41.6. The van der Waals surface area contributed by atoms with Crippen molar-refractivity contribution in [3.05, 3.63) is 363 Å². The summed E-state index contributed by atoms with van der Waals surface area (Å²) in [7, 11) is 0. The number of aromatic carboxylic acids is 1. The van der Waals surface area contributed by atoms with Crippen LogP contribution in [0.1, 0.15) is 112 Å². The van der Waals surface area contributed by atoms with E-state index >= 15 is 4.79 Å². The second kappa shape index (κ2) is 21.3. The average molecular weight is 958 g/mol. The first kappa shape index (κ1) is 47.2. The number of rotatable bonds is 15. The van der Waals surface area contributed by atoms with Crippen molar-refractivity contribution < 1.29 is 14.5 Å². The molecule has 0 atom stereocenters. The van der Waals surface area contributed by atoms with Gasteiger partial charge in [0.15, 0.2) is 0 Å². The van der Waals surface area contributed by atoms with E-state index < -0.39 is 5.97 Å². The maximum absolute atomic E-state index is 15.0. The Kier molecular flexibility index (Phi) is 13.6. The van der Waals surface area contributed by atoms with Gasteiger partial charge in [0, 0.05) is 45.9 Å². The minimum absolute atomic E-state index is 0.113. The Balaban J connectivity index is 1.29. The molecule has 0 aliphatic heterocycles. The minimum atomic E-state index is -1.05. The van der Waals surface area contributed by atoms with E-state index in [0.29, 0.717) is 0 Å². The van der Waals surface area contributed by atoms with E-state index in [9.17, 15) is 5.11 Å². The number of hydrogen-bond acceptors (Lipinski definition) is 1. The highest BCUT2D eigenvalue weighted by atomic mass is 16.4. The van der Waals surface area contributed by atoms with Gasteiger partial charge in [-0.3, -0.25) is 0 Å². The molecule has 10 aromatic carbocycles. The van der Waals surface area contributed by atoms with E-state index in [2.05, 4.69) is 281 Å². The predicted octanol–water partition coefficient (Wildman–Crippen LogP) is 15.8. The van der Waals surface area contributed by atoms with Crippen LogP contribution in [0, 0.1) is 13.8 Å². The molecular formula is C70H57N2O2+. The molecule has 358 valence electrons. The highest BCUT2D eigenvalue weighted by Crippen LogP contribution is 2.45. The van der Waals surface area contributed by atoms with E-state index in [-0.39, 0.29) is 29.5 Å². The summed E-state index contributed by atoms with van der Waals surface area (Å²) in [5.74, 6) is -1.99. The normalized spacial score (nSPS) is 11.4. The summed E-state index contributed by atoms with van der Waals surface area (Å²) in [6.07, 6.45) is 3.99. The van der Waals surface area contributed by atoms with Crippen molar-refractivity contribution in [2.75, 3.05) is 0 Å². The summed E-state index contributed by atoms with van der Waals surface area (Å²) in [5.41, 5.74) is 16.7. The molecule has 0 amide bonds. The quantitative estimate of drug-likeness (QED) is 0.0822. The summed E-state index contributed by atoms with van der Waals surface area (Å²) in [6.45, 7) is 4.33. The number of aromatic nitrogens is 2. The van der Waals surface area contributed by atoms with Crippen LogP contribution in [0.4, 0.5) is 0 Å². The third-order valence-corrected chi connectivity index (χ3v) is 14.4. The third kappa shape index (κ3) is 9.42. The van der Waals surface area contributed by atoms with E-state index in [1.807, 2.05) is 21.5 Å². The second-order valence-electron chi connectivity index (χ2n) is 19.3. The van der Waals surface area contributed by atoms with Crippen molar-refractivity contribution in [1.29, 1.82) is 0 Å². The molecule has 11 rings (SSSR count). The smallest absolute Gasteiger partial charge is 0.420 e. The number of carbonyl (C=O) groups is 1. The van der Waals surface area contributed by atoms with Gasteiger partial charge in [0.1, 0.15) is 23.8 Å².